The highest BCUT2D eigenvalue weighted by Gasteiger charge is 2.13. The molecule has 1 heterocycles. The zero-order chi connectivity index (χ0) is 17.8. The van der Waals surface area contributed by atoms with Crippen LogP contribution in [0.4, 0.5) is 0 Å². The van der Waals surface area contributed by atoms with Gasteiger partial charge in [-0.1, -0.05) is 5.16 Å². The summed E-state index contributed by atoms with van der Waals surface area (Å²) < 4.78 is 26.7. The summed E-state index contributed by atoms with van der Waals surface area (Å²) in [6.07, 6.45) is 0. The Balaban J connectivity index is 1.95. The quantitative estimate of drug-likeness (QED) is 0.674. The number of aromatic nitrogens is 1. The van der Waals surface area contributed by atoms with E-state index in [2.05, 4.69) is 5.16 Å². The Morgan fingerprint density at radius 2 is 1.16 bits per heavy atom. The molecular formula is C19H19NO5. The lowest BCUT2D eigenvalue weighted by Crippen LogP contribution is -1.90. The molecule has 2 aromatic carbocycles. The van der Waals surface area contributed by atoms with E-state index in [1.807, 2.05) is 42.5 Å². The second-order valence-corrected chi connectivity index (χ2v) is 5.22. The minimum atomic E-state index is 0.629. The lowest BCUT2D eigenvalue weighted by atomic mass is 10.1. The smallest absolute Gasteiger partial charge is 0.167 e. The lowest BCUT2D eigenvalue weighted by Gasteiger charge is -2.08. The van der Waals surface area contributed by atoms with Crippen molar-refractivity contribution in [1.82, 2.24) is 5.16 Å². The molecule has 0 fully saturated rings. The molecule has 0 atom stereocenters. The fraction of sp³-hybridized carbons (Fsp3) is 0.211. The predicted octanol–water partition coefficient (Wildman–Crippen LogP) is 4.04. The van der Waals surface area contributed by atoms with E-state index in [0.29, 0.717) is 34.5 Å². The van der Waals surface area contributed by atoms with Crippen LogP contribution in [0.3, 0.4) is 0 Å². The highest BCUT2D eigenvalue weighted by molar-refractivity contribution is 5.70. The zero-order valence-electron chi connectivity index (χ0n) is 14.5. The third-order valence-corrected chi connectivity index (χ3v) is 3.86. The van der Waals surface area contributed by atoms with Gasteiger partial charge in [0.2, 0.25) is 0 Å². The summed E-state index contributed by atoms with van der Waals surface area (Å²) >= 11 is 0. The van der Waals surface area contributed by atoms with E-state index >= 15 is 0 Å². The molecule has 1 aromatic heterocycles. The summed E-state index contributed by atoms with van der Waals surface area (Å²) in [4.78, 5) is 0. The van der Waals surface area contributed by atoms with Crippen LogP contribution < -0.4 is 18.9 Å². The molecule has 0 saturated heterocycles. The van der Waals surface area contributed by atoms with Crippen LogP contribution in [-0.2, 0) is 0 Å². The third-order valence-electron chi connectivity index (χ3n) is 3.86. The molecule has 6 heteroatoms. The average Bonchev–Trinajstić information content (AvgIpc) is 3.17. The van der Waals surface area contributed by atoms with Crippen LogP contribution in [0.25, 0.3) is 22.6 Å². The monoisotopic (exact) mass is 341 g/mol. The Morgan fingerprint density at radius 1 is 0.640 bits per heavy atom. The molecule has 130 valence electrons. The van der Waals surface area contributed by atoms with Gasteiger partial charge in [-0.3, -0.25) is 0 Å². The largest absolute Gasteiger partial charge is 0.493 e. The molecule has 0 amide bonds. The van der Waals surface area contributed by atoms with Crippen molar-refractivity contribution in [2.75, 3.05) is 28.4 Å². The summed E-state index contributed by atoms with van der Waals surface area (Å²) in [6, 6.07) is 13.0. The van der Waals surface area contributed by atoms with Crippen LogP contribution in [0.2, 0.25) is 0 Å². The van der Waals surface area contributed by atoms with Crippen LogP contribution in [-0.4, -0.2) is 33.6 Å². The number of rotatable bonds is 6. The Morgan fingerprint density at radius 3 is 1.72 bits per heavy atom. The van der Waals surface area contributed by atoms with Crippen molar-refractivity contribution >= 4 is 0 Å². The molecule has 0 aliphatic carbocycles. The maximum absolute atomic E-state index is 5.49. The van der Waals surface area contributed by atoms with Crippen molar-refractivity contribution < 1.29 is 23.5 Å². The van der Waals surface area contributed by atoms with Crippen molar-refractivity contribution in [2.45, 2.75) is 0 Å². The van der Waals surface area contributed by atoms with Gasteiger partial charge in [0.05, 0.1) is 28.4 Å². The lowest BCUT2D eigenvalue weighted by molar-refractivity contribution is 0.355. The van der Waals surface area contributed by atoms with Crippen LogP contribution >= 0.6 is 0 Å². The molecule has 3 rings (SSSR count). The molecule has 0 aliphatic rings. The molecule has 3 aromatic rings. The predicted molar refractivity (Wildman–Crippen MR) is 93.6 cm³/mol. The van der Waals surface area contributed by atoms with Crippen LogP contribution in [0.5, 0.6) is 23.0 Å². The van der Waals surface area contributed by atoms with E-state index in [1.54, 1.807) is 28.4 Å². The number of benzene rings is 2. The molecule has 0 N–H and O–H groups in total. The molecule has 0 aliphatic heterocycles. The van der Waals surface area contributed by atoms with Crippen LogP contribution in [0.1, 0.15) is 0 Å². The molecule has 0 unspecified atom stereocenters. The molecule has 0 saturated carbocycles. The van der Waals surface area contributed by atoms with Crippen molar-refractivity contribution in [2.24, 2.45) is 0 Å². The highest BCUT2D eigenvalue weighted by Crippen LogP contribution is 2.35. The average molecular weight is 341 g/mol. The molecule has 25 heavy (non-hydrogen) atoms. The van der Waals surface area contributed by atoms with Crippen LogP contribution in [0.15, 0.2) is 47.0 Å². The van der Waals surface area contributed by atoms with E-state index in [4.69, 9.17) is 23.5 Å². The number of methoxy groups -OCH3 is 4. The minimum Gasteiger partial charge on any atom is -0.493 e. The maximum Gasteiger partial charge on any atom is 0.167 e. The SMILES string of the molecule is COc1ccc(-c2cc(-c3ccc(OC)c(OC)c3)on2)cc1OC. The second-order valence-electron chi connectivity index (χ2n) is 5.22. The van der Waals surface area contributed by atoms with Crippen molar-refractivity contribution in [3.05, 3.63) is 42.5 Å². The number of hydrogen-bond acceptors (Lipinski definition) is 6. The number of hydrogen-bond donors (Lipinski definition) is 0. The van der Waals surface area contributed by atoms with Gasteiger partial charge in [-0.15, -0.1) is 0 Å². The van der Waals surface area contributed by atoms with Gasteiger partial charge >= 0.3 is 0 Å². The summed E-state index contributed by atoms with van der Waals surface area (Å²) in [5.74, 6) is 3.21. The third kappa shape index (κ3) is 3.24. The summed E-state index contributed by atoms with van der Waals surface area (Å²) in [7, 11) is 6.39. The highest BCUT2D eigenvalue weighted by atomic mass is 16.5. The molecular weight excluding hydrogens is 322 g/mol. The number of nitrogens with zero attached hydrogens (tertiary/aromatic N) is 1. The Labute approximate surface area is 145 Å². The van der Waals surface area contributed by atoms with Gasteiger partial charge in [0, 0.05) is 17.2 Å². The van der Waals surface area contributed by atoms with Gasteiger partial charge in [0.15, 0.2) is 28.8 Å². The zero-order valence-corrected chi connectivity index (χ0v) is 14.5. The number of ether oxygens (including phenoxy) is 4. The van der Waals surface area contributed by atoms with E-state index < -0.39 is 0 Å². The fourth-order valence-electron chi connectivity index (χ4n) is 2.53. The Bertz CT molecular complexity index is 802. The maximum atomic E-state index is 5.49. The van der Waals surface area contributed by atoms with Gasteiger partial charge < -0.3 is 23.5 Å². The minimum absolute atomic E-state index is 0.629. The van der Waals surface area contributed by atoms with E-state index in [-0.39, 0.29) is 0 Å². The molecule has 0 spiro atoms. The second kappa shape index (κ2) is 7.17. The van der Waals surface area contributed by atoms with Gasteiger partial charge in [0.1, 0.15) is 5.69 Å². The van der Waals surface area contributed by atoms with Crippen LogP contribution in [0, 0.1) is 0 Å². The fourth-order valence-corrected chi connectivity index (χ4v) is 2.53. The molecule has 0 radical (unpaired) electrons. The Hall–Kier alpha value is -3.15. The van der Waals surface area contributed by atoms with Crippen molar-refractivity contribution in [1.29, 1.82) is 0 Å². The first-order valence-electron chi connectivity index (χ1n) is 7.61. The van der Waals surface area contributed by atoms with Crippen molar-refractivity contribution in [3.8, 4) is 45.6 Å². The van der Waals surface area contributed by atoms with Gasteiger partial charge in [-0.25, -0.2) is 0 Å². The molecule has 6 nitrogen and oxygen atoms in total. The first kappa shape index (κ1) is 16.7. The van der Waals surface area contributed by atoms with E-state index in [1.165, 1.54) is 0 Å². The standard InChI is InChI=1S/C19H19NO5/c1-21-15-7-5-12(9-18(15)23-3)14-11-17(25-20-14)13-6-8-16(22-2)19(10-13)24-4/h5-11H,1-4H3. The molecule has 0 bridgehead atoms. The first-order chi connectivity index (χ1) is 12.2. The van der Waals surface area contributed by atoms with E-state index in [0.717, 1.165) is 11.1 Å². The van der Waals surface area contributed by atoms with Crippen molar-refractivity contribution in [3.63, 3.8) is 0 Å². The topological polar surface area (TPSA) is 63.0 Å². The van der Waals surface area contributed by atoms with Gasteiger partial charge in [-0.2, -0.15) is 0 Å². The van der Waals surface area contributed by atoms with E-state index in [9.17, 15) is 0 Å². The first-order valence-corrected chi connectivity index (χ1v) is 7.61. The summed E-state index contributed by atoms with van der Waals surface area (Å²) in [5, 5.41) is 4.15. The normalized spacial score (nSPS) is 10.4. The van der Waals surface area contributed by atoms with Gasteiger partial charge in [0.25, 0.3) is 0 Å². The summed E-state index contributed by atoms with van der Waals surface area (Å²) in [5.41, 5.74) is 2.41. The Kier molecular flexibility index (Phi) is 4.79. The summed E-state index contributed by atoms with van der Waals surface area (Å²) in [6.45, 7) is 0. The van der Waals surface area contributed by atoms with Gasteiger partial charge in [-0.05, 0) is 36.4 Å².